The van der Waals surface area contributed by atoms with E-state index in [0.29, 0.717) is 10.8 Å². The number of carbonyl (C=O) groups excluding carboxylic acids is 1. The Morgan fingerprint density at radius 1 is 1.12 bits per heavy atom. The molecule has 0 unspecified atom stereocenters. The highest BCUT2D eigenvalue weighted by molar-refractivity contribution is 6.31. The fraction of sp³-hybridized carbons (Fsp3) is 0.235. The van der Waals surface area contributed by atoms with Gasteiger partial charge >= 0.3 is 6.18 Å². The molecule has 134 valence electrons. The zero-order valence-corrected chi connectivity index (χ0v) is 14.5. The monoisotopic (exact) mass is 391 g/mol. The van der Waals surface area contributed by atoms with Crippen LogP contribution in [0.15, 0.2) is 42.5 Å². The summed E-state index contributed by atoms with van der Waals surface area (Å²) in [7, 11) is 0. The first kappa shape index (κ1) is 19.4. The van der Waals surface area contributed by atoms with E-state index in [9.17, 15) is 18.0 Å². The Morgan fingerprint density at radius 2 is 1.72 bits per heavy atom. The Bertz CT molecular complexity index is 749. The average Bonchev–Trinajstić information content (AvgIpc) is 2.55. The van der Waals surface area contributed by atoms with E-state index in [-0.39, 0.29) is 17.1 Å². The van der Waals surface area contributed by atoms with Crippen LogP contribution in [0.5, 0.6) is 5.75 Å². The predicted octanol–water partition coefficient (Wildman–Crippen LogP) is 5.81. The summed E-state index contributed by atoms with van der Waals surface area (Å²) in [4.78, 5) is 12.3. The lowest BCUT2D eigenvalue weighted by Gasteiger charge is -2.19. The first-order chi connectivity index (χ1) is 11.7. The molecule has 1 atom stereocenters. The van der Waals surface area contributed by atoms with Crippen molar-refractivity contribution in [1.29, 1.82) is 0 Å². The van der Waals surface area contributed by atoms with Gasteiger partial charge in [0, 0.05) is 10.0 Å². The summed E-state index contributed by atoms with van der Waals surface area (Å²) in [5.74, 6) is -0.302. The van der Waals surface area contributed by atoms with Gasteiger partial charge in [0.2, 0.25) is 0 Å². The molecular formula is C17H14Cl2F3NO2. The standard InChI is InChI=1S/C17H14Cl2F3NO2/c1-2-15(25-12-6-3-10(18)4-7-12)16(24)23-14-8-5-11(19)9-13(14)17(20,21)22/h3-9,15H,2H2,1H3,(H,23,24)/t15-/m1/s1. The molecule has 0 aliphatic rings. The number of alkyl halides is 3. The van der Waals surface area contributed by atoms with Crippen LogP contribution in [0.3, 0.4) is 0 Å². The minimum atomic E-state index is -4.65. The zero-order chi connectivity index (χ0) is 18.6. The van der Waals surface area contributed by atoms with Crippen LogP contribution in [-0.4, -0.2) is 12.0 Å². The highest BCUT2D eigenvalue weighted by Gasteiger charge is 2.34. The molecule has 3 nitrogen and oxygen atoms in total. The van der Waals surface area contributed by atoms with Crippen LogP contribution in [0.4, 0.5) is 18.9 Å². The topological polar surface area (TPSA) is 38.3 Å². The predicted molar refractivity (Wildman–Crippen MR) is 91.2 cm³/mol. The molecule has 2 aromatic carbocycles. The highest BCUT2D eigenvalue weighted by Crippen LogP contribution is 2.36. The molecule has 0 spiro atoms. The molecule has 0 saturated carbocycles. The van der Waals surface area contributed by atoms with Gasteiger partial charge in [0.25, 0.3) is 5.91 Å². The van der Waals surface area contributed by atoms with Crippen LogP contribution < -0.4 is 10.1 Å². The molecule has 0 radical (unpaired) electrons. The number of hydrogen-bond donors (Lipinski definition) is 1. The van der Waals surface area contributed by atoms with Crippen molar-refractivity contribution in [3.05, 3.63) is 58.1 Å². The van der Waals surface area contributed by atoms with E-state index < -0.39 is 23.8 Å². The minimum Gasteiger partial charge on any atom is -0.481 e. The van der Waals surface area contributed by atoms with Gasteiger partial charge in [0.15, 0.2) is 6.10 Å². The number of anilines is 1. The molecule has 0 aliphatic heterocycles. The largest absolute Gasteiger partial charge is 0.481 e. The summed E-state index contributed by atoms with van der Waals surface area (Å²) in [6.07, 6.45) is -5.34. The van der Waals surface area contributed by atoms with E-state index in [4.69, 9.17) is 27.9 Å². The fourth-order valence-corrected chi connectivity index (χ4v) is 2.37. The highest BCUT2D eigenvalue weighted by atomic mass is 35.5. The van der Waals surface area contributed by atoms with E-state index in [1.807, 2.05) is 0 Å². The first-order valence-corrected chi connectivity index (χ1v) is 8.06. The van der Waals surface area contributed by atoms with Crippen LogP contribution in [0, 0.1) is 0 Å². The Hall–Kier alpha value is -1.92. The van der Waals surface area contributed by atoms with Crippen molar-refractivity contribution in [3.63, 3.8) is 0 Å². The molecule has 0 saturated heterocycles. The Labute approximate surface area is 152 Å². The average molecular weight is 392 g/mol. The normalized spacial score (nSPS) is 12.6. The molecule has 0 aromatic heterocycles. The molecule has 25 heavy (non-hydrogen) atoms. The van der Waals surface area contributed by atoms with Crippen LogP contribution in [0.1, 0.15) is 18.9 Å². The smallest absolute Gasteiger partial charge is 0.418 e. The van der Waals surface area contributed by atoms with E-state index in [1.54, 1.807) is 31.2 Å². The Kier molecular flexibility index (Phi) is 6.19. The molecule has 1 N–H and O–H groups in total. The van der Waals surface area contributed by atoms with Crippen molar-refractivity contribution in [3.8, 4) is 5.75 Å². The van der Waals surface area contributed by atoms with Gasteiger partial charge in [-0.25, -0.2) is 0 Å². The van der Waals surface area contributed by atoms with Crippen molar-refractivity contribution in [2.45, 2.75) is 25.6 Å². The summed E-state index contributed by atoms with van der Waals surface area (Å²) in [6.45, 7) is 1.69. The lowest BCUT2D eigenvalue weighted by atomic mass is 10.1. The van der Waals surface area contributed by atoms with Crippen LogP contribution in [-0.2, 0) is 11.0 Å². The van der Waals surface area contributed by atoms with Gasteiger partial charge in [-0.3, -0.25) is 4.79 Å². The lowest BCUT2D eigenvalue weighted by molar-refractivity contribution is -0.137. The van der Waals surface area contributed by atoms with E-state index >= 15 is 0 Å². The number of rotatable bonds is 5. The van der Waals surface area contributed by atoms with Crippen molar-refractivity contribution < 1.29 is 22.7 Å². The third-order valence-corrected chi connectivity index (χ3v) is 3.79. The van der Waals surface area contributed by atoms with Crippen molar-refractivity contribution in [2.75, 3.05) is 5.32 Å². The lowest BCUT2D eigenvalue weighted by Crippen LogP contribution is -2.33. The maximum Gasteiger partial charge on any atom is 0.418 e. The maximum atomic E-state index is 13.1. The SMILES string of the molecule is CC[C@@H](Oc1ccc(Cl)cc1)C(=O)Nc1ccc(Cl)cc1C(F)(F)F. The zero-order valence-electron chi connectivity index (χ0n) is 13.0. The molecule has 0 heterocycles. The summed E-state index contributed by atoms with van der Waals surface area (Å²) in [6, 6.07) is 9.46. The summed E-state index contributed by atoms with van der Waals surface area (Å²) < 4.78 is 44.8. The molecule has 1 amide bonds. The van der Waals surface area contributed by atoms with E-state index in [1.165, 1.54) is 6.07 Å². The number of hydrogen-bond acceptors (Lipinski definition) is 2. The van der Waals surface area contributed by atoms with Gasteiger partial charge in [-0.05, 0) is 48.9 Å². The second-order valence-electron chi connectivity index (χ2n) is 5.15. The molecule has 2 aromatic rings. The number of halogens is 5. The Morgan fingerprint density at radius 3 is 2.28 bits per heavy atom. The quantitative estimate of drug-likeness (QED) is 0.698. The van der Waals surface area contributed by atoms with Gasteiger partial charge in [-0.15, -0.1) is 0 Å². The van der Waals surface area contributed by atoms with Crippen LogP contribution >= 0.6 is 23.2 Å². The van der Waals surface area contributed by atoms with Crippen LogP contribution in [0.2, 0.25) is 10.0 Å². The molecule has 0 fully saturated rings. The third-order valence-electron chi connectivity index (χ3n) is 3.30. The molecule has 0 aliphatic carbocycles. The second kappa shape index (κ2) is 7.97. The van der Waals surface area contributed by atoms with Crippen LogP contribution in [0.25, 0.3) is 0 Å². The number of amides is 1. The van der Waals surface area contributed by atoms with E-state index in [0.717, 1.165) is 12.1 Å². The first-order valence-electron chi connectivity index (χ1n) is 7.30. The number of benzene rings is 2. The van der Waals surface area contributed by atoms with Gasteiger partial charge in [-0.2, -0.15) is 13.2 Å². The van der Waals surface area contributed by atoms with Crippen molar-refractivity contribution >= 4 is 34.8 Å². The van der Waals surface area contributed by atoms with Gasteiger partial charge in [-0.1, -0.05) is 30.1 Å². The fourth-order valence-electron chi connectivity index (χ4n) is 2.07. The van der Waals surface area contributed by atoms with Gasteiger partial charge in [0.05, 0.1) is 11.3 Å². The Balaban J connectivity index is 2.18. The third kappa shape index (κ3) is 5.28. The summed E-state index contributed by atoms with van der Waals surface area (Å²) in [5.41, 5.74) is -1.39. The number of ether oxygens (including phenoxy) is 1. The summed E-state index contributed by atoms with van der Waals surface area (Å²) in [5, 5.41) is 2.68. The maximum absolute atomic E-state index is 13.1. The molecular weight excluding hydrogens is 378 g/mol. The molecule has 8 heteroatoms. The van der Waals surface area contributed by atoms with Gasteiger partial charge < -0.3 is 10.1 Å². The van der Waals surface area contributed by atoms with Gasteiger partial charge in [0.1, 0.15) is 5.75 Å². The number of carbonyl (C=O) groups is 1. The molecule has 0 bridgehead atoms. The van der Waals surface area contributed by atoms with Crippen molar-refractivity contribution in [2.24, 2.45) is 0 Å². The van der Waals surface area contributed by atoms with Crippen molar-refractivity contribution in [1.82, 2.24) is 0 Å². The molecule has 2 rings (SSSR count). The second-order valence-corrected chi connectivity index (χ2v) is 6.02. The summed E-state index contributed by atoms with van der Waals surface area (Å²) >= 11 is 11.4. The minimum absolute atomic E-state index is 0.0743. The van der Waals surface area contributed by atoms with E-state index in [2.05, 4.69) is 5.32 Å². The number of nitrogens with one attached hydrogen (secondary N) is 1.